The Kier molecular flexibility index (Phi) is 3.70. The minimum atomic E-state index is -0.0313. The van der Waals surface area contributed by atoms with Gasteiger partial charge < -0.3 is 9.55 Å². The lowest BCUT2D eigenvalue weighted by Gasteiger charge is -2.08. The molecule has 0 spiro atoms. The second-order valence-corrected chi connectivity index (χ2v) is 5.43. The fraction of sp³-hybridized carbons (Fsp3) is 0.267. The third kappa shape index (κ3) is 2.80. The smallest absolute Gasteiger partial charge is 0.262 e. The van der Waals surface area contributed by atoms with Crippen LogP contribution < -0.4 is 5.56 Å². The summed E-state index contributed by atoms with van der Waals surface area (Å²) in [5, 5.41) is 0.671. The van der Waals surface area contributed by atoms with Gasteiger partial charge in [0.15, 0.2) is 4.77 Å². The summed E-state index contributed by atoms with van der Waals surface area (Å²) in [7, 11) is 0. The van der Waals surface area contributed by atoms with Gasteiger partial charge in [0.2, 0.25) is 0 Å². The van der Waals surface area contributed by atoms with Crippen LogP contribution in [0.15, 0.2) is 41.6 Å². The molecular formula is C15H16N4OS. The molecule has 2 heterocycles. The molecule has 1 N–H and O–H groups in total. The highest BCUT2D eigenvalue weighted by molar-refractivity contribution is 7.71. The van der Waals surface area contributed by atoms with Crippen LogP contribution in [0.2, 0.25) is 0 Å². The van der Waals surface area contributed by atoms with Crippen LogP contribution in [0, 0.1) is 11.7 Å². The Morgan fingerprint density at radius 1 is 1.29 bits per heavy atom. The van der Waals surface area contributed by atoms with E-state index in [1.54, 1.807) is 10.9 Å². The fourth-order valence-electron chi connectivity index (χ4n) is 2.41. The molecule has 6 heteroatoms. The van der Waals surface area contributed by atoms with Gasteiger partial charge in [0.25, 0.3) is 5.56 Å². The minimum Gasteiger partial charge on any atom is -0.337 e. The number of hydrogen-bond donors (Lipinski definition) is 1. The number of aromatic amines is 1. The number of imidazole rings is 1. The Bertz CT molecular complexity index is 890. The van der Waals surface area contributed by atoms with Crippen LogP contribution in [-0.4, -0.2) is 19.1 Å². The average Bonchev–Trinajstić information content (AvgIpc) is 2.88. The first-order valence-corrected chi connectivity index (χ1v) is 7.26. The van der Waals surface area contributed by atoms with Gasteiger partial charge in [-0.25, -0.2) is 4.98 Å². The molecule has 0 aliphatic rings. The Morgan fingerprint density at radius 3 is 2.86 bits per heavy atom. The van der Waals surface area contributed by atoms with E-state index in [1.807, 2.05) is 42.0 Å². The van der Waals surface area contributed by atoms with Gasteiger partial charge in [-0.2, -0.15) is 0 Å². The van der Waals surface area contributed by atoms with E-state index in [-0.39, 0.29) is 5.56 Å². The highest BCUT2D eigenvalue weighted by atomic mass is 32.1. The Morgan fingerprint density at radius 2 is 2.10 bits per heavy atom. The van der Waals surface area contributed by atoms with Gasteiger partial charge in [-0.05, 0) is 37.7 Å². The number of hydrogen-bond acceptors (Lipinski definition) is 3. The second kappa shape index (κ2) is 5.65. The third-order valence-corrected chi connectivity index (χ3v) is 3.77. The van der Waals surface area contributed by atoms with Crippen molar-refractivity contribution >= 4 is 23.1 Å². The molecule has 0 saturated carbocycles. The van der Waals surface area contributed by atoms with E-state index in [0.29, 0.717) is 16.7 Å². The largest absolute Gasteiger partial charge is 0.337 e. The number of aryl methyl sites for hydroxylation is 2. The van der Waals surface area contributed by atoms with Gasteiger partial charge in [0, 0.05) is 19.3 Å². The molecule has 2 aromatic heterocycles. The molecule has 5 nitrogen and oxygen atoms in total. The molecule has 0 aliphatic carbocycles. The summed E-state index contributed by atoms with van der Waals surface area (Å²) < 4.78 is 4.12. The number of nitrogens with zero attached hydrogens (tertiary/aromatic N) is 3. The quantitative estimate of drug-likeness (QED) is 0.754. The Balaban J connectivity index is 1.84. The van der Waals surface area contributed by atoms with E-state index >= 15 is 0 Å². The standard InChI is InChI=1S/C15H16N4OS/c1-11-9-18(10-16-11)7-4-8-19-14(20)12-5-2-3-6-13(12)17-15(19)21/h2-3,5-6,9-10H,4,7-8H2,1H3,(H,17,21). The summed E-state index contributed by atoms with van der Waals surface area (Å²) in [6.45, 7) is 3.37. The van der Waals surface area contributed by atoms with Crippen molar-refractivity contribution in [3.8, 4) is 0 Å². The van der Waals surface area contributed by atoms with Crippen molar-refractivity contribution in [3.05, 3.63) is 57.6 Å². The summed E-state index contributed by atoms with van der Waals surface area (Å²) in [4.78, 5) is 19.7. The molecule has 0 atom stereocenters. The van der Waals surface area contributed by atoms with E-state index in [4.69, 9.17) is 12.2 Å². The van der Waals surface area contributed by atoms with Crippen LogP contribution in [0.5, 0.6) is 0 Å². The topological polar surface area (TPSA) is 55.6 Å². The van der Waals surface area contributed by atoms with Gasteiger partial charge in [-0.3, -0.25) is 9.36 Å². The van der Waals surface area contributed by atoms with Gasteiger partial charge >= 0.3 is 0 Å². The normalized spacial score (nSPS) is 11.1. The van der Waals surface area contributed by atoms with Crippen LogP contribution in [0.25, 0.3) is 10.9 Å². The summed E-state index contributed by atoms with van der Waals surface area (Å²) in [6.07, 6.45) is 4.62. The zero-order valence-corrected chi connectivity index (χ0v) is 12.6. The summed E-state index contributed by atoms with van der Waals surface area (Å²) in [6, 6.07) is 7.43. The van der Waals surface area contributed by atoms with E-state index in [2.05, 4.69) is 9.97 Å². The van der Waals surface area contributed by atoms with Crippen molar-refractivity contribution in [2.75, 3.05) is 0 Å². The number of rotatable bonds is 4. The lowest BCUT2D eigenvalue weighted by molar-refractivity contribution is 0.545. The SMILES string of the molecule is Cc1cn(CCCn2c(=S)[nH]c3ccccc3c2=O)cn1. The summed E-state index contributed by atoms with van der Waals surface area (Å²) in [5.41, 5.74) is 1.75. The monoisotopic (exact) mass is 300 g/mol. The molecule has 0 fully saturated rings. The van der Waals surface area contributed by atoms with E-state index in [1.165, 1.54) is 0 Å². The van der Waals surface area contributed by atoms with Crippen molar-refractivity contribution < 1.29 is 0 Å². The molecule has 0 saturated heterocycles. The predicted molar refractivity (Wildman–Crippen MR) is 85.0 cm³/mol. The first-order chi connectivity index (χ1) is 10.1. The first kappa shape index (κ1) is 13.8. The zero-order valence-electron chi connectivity index (χ0n) is 11.7. The molecule has 21 heavy (non-hydrogen) atoms. The summed E-state index contributed by atoms with van der Waals surface area (Å²) >= 11 is 5.29. The van der Waals surface area contributed by atoms with Gasteiger partial charge in [0.05, 0.1) is 22.9 Å². The zero-order chi connectivity index (χ0) is 14.8. The lowest BCUT2D eigenvalue weighted by Crippen LogP contribution is -2.22. The average molecular weight is 300 g/mol. The molecular weight excluding hydrogens is 284 g/mol. The number of H-pyrrole nitrogens is 1. The molecule has 3 aromatic rings. The first-order valence-electron chi connectivity index (χ1n) is 6.85. The van der Waals surface area contributed by atoms with Crippen LogP contribution in [0.1, 0.15) is 12.1 Å². The second-order valence-electron chi connectivity index (χ2n) is 5.04. The Hall–Kier alpha value is -2.21. The van der Waals surface area contributed by atoms with E-state index in [0.717, 1.165) is 24.2 Å². The van der Waals surface area contributed by atoms with Crippen molar-refractivity contribution in [1.29, 1.82) is 0 Å². The minimum absolute atomic E-state index is 0.0313. The molecule has 0 bridgehead atoms. The van der Waals surface area contributed by atoms with Gasteiger partial charge in [-0.1, -0.05) is 12.1 Å². The summed E-state index contributed by atoms with van der Waals surface area (Å²) in [5.74, 6) is 0. The van der Waals surface area contributed by atoms with Crippen LogP contribution in [0.4, 0.5) is 0 Å². The molecule has 0 aliphatic heterocycles. The van der Waals surface area contributed by atoms with E-state index < -0.39 is 0 Å². The maximum absolute atomic E-state index is 12.5. The van der Waals surface area contributed by atoms with E-state index in [9.17, 15) is 4.79 Å². The van der Waals surface area contributed by atoms with Gasteiger partial charge in [-0.15, -0.1) is 0 Å². The Labute approximate surface area is 126 Å². The van der Waals surface area contributed by atoms with Crippen molar-refractivity contribution in [2.24, 2.45) is 0 Å². The number of fused-ring (bicyclic) bond motifs is 1. The number of para-hydroxylation sites is 1. The third-order valence-electron chi connectivity index (χ3n) is 3.45. The van der Waals surface area contributed by atoms with Crippen molar-refractivity contribution in [2.45, 2.75) is 26.4 Å². The molecule has 1 aromatic carbocycles. The number of aromatic nitrogens is 4. The molecule has 0 radical (unpaired) electrons. The maximum Gasteiger partial charge on any atom is 0.262 e. The maximum atomic E-state index is 12.5. The fourth-order valence-corrected chi connectivity index (χ4v) is 2.69. The number of nitrogens with one attached hydrogen (secondary N) is 1. The lowest BCUT2D eigenvalue weighted by atomic mass is 10.2. The van der Waals surface area contributed by atoms with Crippen LogP contribution in [0.3, 0.4) is 0 Å². The number of benzene rings is 1. The van der Waals surface area contributed by atoms with Crippen LogP contribution >= 0.6 is 12.2 Å². The highest BCUT2D eigenvalue weighted by Crippen LogP contribution is 2.06. The molecule has 0 unspecified atom stereocenters. The predicted octanol–water partition coefficient (Wildman–Crippen LogP) is 2.65. The van der Waals surface area contributed by atoms with Crippen molar-refractivity contribution in [3.63, 3.8) is 0 Å². The van der Waals surface area contributed by atoms with Crippen molar-refractivity contribution in [1.82, 2.24) is 19.1 Å². The molecule has 0 amide bonds. The molecule has 3 rings (SSSR count). The van der Waals surface area contributed by atoms with Crippen LogP contribution in [-0.2, 0) is 13.1 Å². The highest BCUT2D eigenvalue weighted by Gasteiger charge is 2.04. The van der Waals surface area contributed by atoms with Gasteiger partial charge in [0.1, 0.15) is 0 Å². The molecule has 108 valence electrons.